The van der Waals surface area contributed by atoms with E-state index < -0.39 is 6.36 Å². The molecule has 1 aliphatic rings. The average molecular weight is 637 g/mol. The summed E-state index contributed by atoms with van der Waals surface area (Å²) < 4.78 is 42.7. The van der Waals surface area contributed by atoms with Crippen LogP contribution in [0.5, 0.6) is 5.75 Å². The Labute approximate surface area is 264 Å². The number of aliphatic imine (C=N–C) groups is 1. The van der Waals surface area contributed by atoms with Gasteiger partial charge in [0.25, 0.3) is 0 Å². The number of amides is 2. The predicted octanol–water partition coefficient (Wildman–Crippen LogP) is 8.16. The maximum absolute atomic E-state index is 13.0. The van der Waals surface area contributed by atoms with Gasteiger partial charge in [0, 0.05) is 36.0 Å². The molecule has 1 aliphatic heterocycles. The fourth-order valence-corrected chi connectivity index (χ4v) is 6.11. The van der Waals surface area contributed by atoms with Crippen molar-refractivity contribution in [1.82, 2.24) is 20.1 Å². The second kappa shape index (κ2) is 14.2. The van der Waals surface area contributed by atoms with E-state index >= 15 is 0 Å². The number of benzene rings is 3. The first-order valence-electron chi connectivity index (χ1n) is 14.8. The lowest BCUT2D eigenvalue weighted by molar-refractivity contribution is -0.274. The first-order valence-corrected chi connectivity index (χ1v) is 15.8. The summed E-state index contributed by atoms with van der Waals surface area (Å²) in [6, 6.07) is 21.2. The Morgan fingerprint density at radius 1 is 1.07 bits per heavy atom. The van der Waals surface area contributed by atoms with Crippen molar-refractivity contribution in [2.75, 3.05) is 23.7 Å². The molecule has 0 saturated carbocycles. The molecule has 1 unspecified atom stereocenters. The third-order valence-electron chi connectivity index (χ3n) is 7.49. The number of hydrogen-bond donors (Lipinski definition) is 1. The SMILES string of the molecule is CCC(CNC(=O)N=C1SCCCN1c1ccccc1C(C)C)c1ccc(-c2ncn(-c3ccc(OC(F)(F)F)cc3)n2)cc1. The average Bonchev–Trinajstić information content (AvgIpc) is 3.52. The molecule has 1 N–H and O–H groups in total. The summed E-state index contributed by atoms with van der Waals surface area (Å²) in [6.07, 6.45) is -1.40. The number of carbonyl (C=O) groups excluding carboxylic acids is 1. The number of rotatable bonds is 9. The molecule has 1 aromatic heterocycles. The van der Waals surface area contributed by atoms with Crippen molar-refractivity contribution in [3.05, 3.63) is 90.3 Å². The van der Waals surface area contributed by atoms with Gasteiger partial charge < -0.3 is 15.0 Å². The van der Waals surface area contributed by atoms with Crippen LogP contribution in [0.4, 0.5) is 23.7 Å². The molecule has 12 heteroatoms. The summed E-state index contributed by atoms with van der Waals surface area (Å²) in [7, 11) is 0. The monoisotopic (exact) mass is 636 g/mol. The molecule has 1 atom stereocenters. The van der Waals surface area contributed by atoms with Crippen molar-refractivity contribution in [1.29, 1.82) is 0 Å². The van der Waals surface area contributed by atoms with Crippen LogP contribution in [0.25, 0.3) is 17.1 Å². The number of carbonyl (C=O) groups is 1. The Morgan fingerprint density at radius 3 is 2.49 bits per heavy atom. The van der Waals surface area contributed by atoms with Crippen LogP contribution in [0.1, 0.15) is 56.6 Å². The standard InChI is InChI=1S/C33H35F3N6O2S/c1-4-23(20-37-31(43)39-32-41(18-7-19-45-32)29-9-6-5-8-28(29)22(2)3)24-10-12-25(13-11-24)30-38-21-42(40-30)26-14-16-27(17-15-26)44-33(34,35)36/h5-6,8-17,21-23H,4,7,18-20H2,1-3H3,(H,37,43). The molecular weight excluding hydrogens is 601 g/mol. The molecule has 0 radical (unpaired) electrons. The molecule has 1 fully saturated rings. The van der Waals surface area contributed by atoms with Crippen LogP contribution >= 0.6 is 11.8 Å². The van der Waals surface area contributed by atoms with E-state index in [1.807, 2.05) is 36.4 Å². The third-order valence-corrected chi connectivity index (χ3v) is 8.56. The molecule has 0 spiro atoms. The van der Waals surface area contributed by atoms with Gasteiger partial charge in [-0.15, -0.1) is 18.3 Å². The van der Waals surface area contributed by atoms with E-state index in [0.29, 0.717) is 24.0 Å². The van der Waals surface area contributed by atoms with Gasteiger partial charge in [0.2, 0.25) is 0 Å². The van der Waals surface area contributed by atoms with Crippen molar-refractivity contribution in [2.45, 2.75) is 51.8 Å². The second-order valence-corrected chi connectivity index (χ2v) is 12.0. The molecule has 2 amide bonds. The number of halogens is 3. The van der Waals surface area contributed by atoms with Gasteiger partial charge in [-0.25, -0.2) is 14.5 Å². The van der Waals surface area contributed by atoms with E-state index in [2.05, 4.69) is 62.9 Å². The zero-order valence-electron chi connectivity index (χ0n) is 25.3. The summed E-state index contributed by atoms with van der Waals surface area (Å²) in [5, 5.41) is 8.20. The van der Waals surface area contributed by atoms with Crippen LogP contribution < -0.4 is 15.0 Å². The molecule has 3 aromatic carbocycles. The van der Waals surface area contributed by atoms with Gasteiger partial charge >= 0.3 is 12.4 Å². The van der Waals surface area contributed by atoms with Crippen molar-refractivity contribution in [3.8, 4) is 22.8 Å². The van der Waals surface area contributed by atoms with Gasteiger partial charge in [0.05, 0.1) is 5.69 Å². The zero-order valence-corrected chi connectivity index (χ0v) is 26.1. The number of hydrogen-bond acceptors (Lipinski definition) is 5. The number of alkyl halides is 3. The minimum Gasteiger partial charge on any atom is -0.406 e. The van der Waals surface area contributed by atoms with E-state index in [4.69, 9.17) is 0 Å². The number of urea groups is 1. The molecule has 5 rings (SSSR count). The Balaban J connectivity index is 1.22. The van der Waals surface area contributed by atoms with E-state index in [1.54, 1.807) is 11.8 Å². The van der Waals surface area contributed by atoms with Gasteiger partial charge in [-0.05, 0) is 60.2 Å². The predicted molar refractivity (Wildman–Crippen MR) is 172 cm³/mol. The van der Waals surface area contributed by atoms with E-state index in [1.165, 1.54) is 40.8 Å². The highest BCUT2D eigenvalue weighted by Gasteiger charge is 2.31. The maximum atomic E-state index is 13.0. The molecule has 4 aromatic rings. The Kier molecular flexibility index (Phi) is 10.1. The summed E-state index contributed by atoms with van der Waals surface area (Å²) in [4.78, 5) is 24.0. The number of ether oxygens (including phenoxy) is 1. The lowest BCUT2D eigenvalue weighted by Gasteiger charge is -2.31. The van der Waals surface area contributed by atoms with Crippen LogP contribution in [0.15, 0.2) is 84.1 Å². The smallest absolute Gasteiger partial charge is 0.406 e. The van der Waals surface area contributed by atoms with Crippen molar-refractivity contribution in [3.63, 3.8) is 0 Å². The Hall–Kier alpha value is -4.32. The number of aromatic nitrogens is 3. The van der Waals surface area contributed by atoms with Crippen molar-refractivity contribution in [2.24, 2.45) is 4.99 Å². The fraction of sp³-hybridized carbons (Fsp3) is 0.333. The van der Waals surface area contributed by atoms with E-state index in [9.17, 15) is 18.0 Å². The molecule has 8 nitrogen and oxygen atoms in total. The molecule has 1 saturated heterocycles. The van der Waals surface area contributed by atoms with E-state index in [-0.39, 0.29) is 17.7 Å². The normalized spacial score (nSPS) is 15.4. The molecular formula is C33H35F3N6O2S. The zero-order chi connectivity index (χ0) is 32.0. The first-order chi connectivity index (χ1) is 21.6. The highest BCUT2D eigenvalue weighted by molar-refractivity contribution is 8.14. The van der Waals surface area contributed by atoms with Crippen LogP contribution in [0.2, 0.25) is 0 Å². The second-order valence-electron chi connectivity index (χ2n) is 10.9. The largest absolute Gasteiger partial charge is 0.573 e. The highest BCUT2D eigenvalue weighted by atomic mass is 32.2. The molecule has 0 bridgehead atoms. The lowest BCUT2D eigenvalue weighted by Crippen LogP contribution is -2.37. The van der Waals surface area contributed by atoms with Gasteiger partial charge in [-0.2, -0.15) is 4.99 Å². The van der Waals surface area contributed by atoms with Crippen LogP contribution in [-0.4, -0.2) is 51.2 Å². The van der Waals surface area contributed by atoms with Gasteiger partial charge in [-0.3, -0.25) is 0 Å². The number of amidine groups is 1. The molecule has 2 heterocycles. The first kappa shape index (κ1) is 32.1. The molecule has 236 valence electrons. The summed E-state index contributed by atoms with van der Waals surface area (Å²) in [5.74, 6) is 1.53. The third kappa shape index (κ3) is 8.24. The number of anilines is 1. The van der Waals surface area contributed by atoms with Gasteiger partial charge in [0.15, 0.2) is 11.0 Å². The Bertz CT molecular complexity index is 1620. The van der Waals surface area contributed by atoms with Crippen LogP contribution in [0, 0.1) is 0 Å². The van der Waals surface area contributed by atoms with Gasteiger partial charge in [-0.1, -0.05) is 75.0 Å². The lowest BCUT2D eigenvalue weighted by atomic mass is 9.95. The van der Waals surface area contributed by atoms with Crippen LogP contribution in [0.3, 0.4) is 0 Å². The minimum absolute atomic E-state index is 0.0860. The van der Waals surface area contributed by atoms with Gasteiger partial charge in [0.1, 0.15) is 12.1 Å². The quantitative estimate of drug-likeness (QED) is 0.200. The van der Waals surface area contributed by atoms with Crippen molar-refractivity contribution >= 4 is 28.6 Å². The minimum atomic E-state index is -4.75. The maximum Gasteiger partial charge on any atom is 0.573 e. The summed E-state index contributed by atoms with van der Waals surface area (Å²) in [6.45, 7) is 7.68. The number of para-hydroxylation sites is 1. The molecule has 45 heavy (non-hydrogen) atoms. The fourth-order valence-electron chi connectivity index (χ4n) is 5.16. The van der Waals surface area contributed by atoms with E-state index in [0.717, 1.165) is 47.1 Å². The Morgan fingerprint density at radius 2 is 1.80 bits per heavy atom. The molecule has 0 aliphatic carbocycles. The topological polar surface area (TPSA) is 84.6 Å². The highest BCUT2D eigenvalue weighted by Crippen LogP contribution is 2.32. The number of nitrogens with zero attached hydrogens (tertiary/aromatic N) is 5. The van der Waals surface area contributed by atoms with Crippen LogP contribution in [-0.2, 0) is 0 Å². The number of nitrogens with one attached hydrogen (secondary N) is 1. The number of thioether (sulfide) groups is 1. The summed E-state index contributed by atoms with van der Waals surface area (Å²) >= 11 is 1.61. The summed E-state index contributed by atoms with van der Waals surface area (Å²) in [5.41, 5.74) is 4.73. The van der Waals surface area contributed by atoms with Crippen molar-refractivity contribution < 1.29 is 22.7 Å².